The first kappa shape index (κ1) is 45.9. The second-order valence-corrected chi connectivity index (χ2v) is 14.3. The third kappa shape index (κ3) is 34.5. The minimum absolute atomic E-state index is 0.0259. The van der Waals surface area contributed by atoms with E-state index in [1.807, 2.05) is 0 Å². The number of rotatable bonds is 38. The van der Waals surface area contributed by atoms with Crippen LogP contribution in [-0.2, 0) is 14.3 Å². The molecule has 6 heteroatoms. The average Bonchev–Trinajstić information content (AvgIpc) is 3.07. The van der Waals surface area contributed by atoms with E-state index >= 15 is 0 Å². The van der Waals surface area contributed by atoms with Crippen LogP contribution in [0.15, 0.2) is 0 Å². The van der Waals surface area contributed by atoms with Gasteiger partial charge in [0.15, 0.2) is 0 Å². The van der Waals surface area contributed by atoms with Gasteiger partial charge in [0.1, 0.15) is 0 Å². The predicted molar refractivity (Wildman–Crippen MR) is 200 cm³/mol. The topological polar surface area (TPSA) is 95.9 Å². The molecule has 47 heavy (non-hydrogen) atoms. The highest BCUT2D eigenvalue weighted by Gasteiger charge is 2.20. The molecule has 0 radical (unpaired) electrons. The molecule has 280 valence electrons. The Morgan fingerprint density at radius 2 is 0.872 bits per heavy atom. The van der Waals surface area contributed by atoms with Gasteiger partial charge in [-0.15, -0.1) is 0 Å². The van der Waals surface area contributed by atoms with E-state index in [2.05, 4.69) is 19.2 Å². The Hall–Kier alpha value is -1.14. The van der Waals surface area contributed by atoms with Gasteiger partial charge in [-0.2, -0.15) is 0 Å². The summed E-state index contributed by atoms with van der Waals surface area (Å²) in [6.45, 7) is 4.86. The van der Waals surface area contributed by atoms with E-state index in [1.54, 1.807) is 0 Å². The Balaban J connectivity index is 3.49. The summed E-state index contributed by atoms with van der Waals surface area (Å²) in [7, 11) is 0. The van der Waals surface area contributed by atoms with Crippen LogP contribution in [0.4, 0.5) is 0 Å². The van der Waals surface area contributed by atoms with Crippen molar-refractivity contribution in [3.05, 3.63) is 0 Å². The summed E-state index contributed by atoms with van der Waals surface area (Å²) < 4.78 is 5.42. The van der Waals surface area contributed by atoms with Gasteiger partial charge in [-0.1, -0.05) is 187 Å². The predicted octanol–water partition coefficient (Wildman–Crippen LogP) is 11.3. The van der Waals surface area contributed by atoms with Gasteiger partial charge < -0.3 is 20.3 Å². The zero-order chi connectivity index (χ0) is 34.5. The van der Waals surface area contributed by atoms with Crippen LogP contribution >= 0.6 is 0 Å². The Kier molecular flexibility index (Phi) is 36.8. The number of amides is 1. The maximum Gasteiger partial charge on any atom is 0.305 e. The lowest BCUT2D eigenvalue weighted by molar-refractivity contribution is -0.143. The van der Waals surface area contributed by atoms with Gasteiger partial charge in [-0.25, -0.2) is 0 Å². The van der Waals surface area contributed by atoms with Crippen LogP contribution < -0.4 is 5.32 Å². The van der Waals surface area contributed by atoms with E-state index in [9.17, 15) is 19.8 Å². The minimum Gasteiger partial charge on any atom is -0.466 e. The summed E-state index contributed by atoms with van der Waals surface area (Å²) in [4.78, 5) is 24.3. The number of carbonyl (C=O) groups excluding carboxylic acids is 2. The lowest BCUT2D eigenvalue weighted by Gasteiger charge is -2.22. The van der Waals surface area contributed by atoms with Gasteiger partial charge in [0, 0.05) is 12.8 Å². The van der Waals surface area contributed by atoms with Crippen LogP contribution in [0, 0.1) is 0 Å². The number of hydrogen-bond acceptors (Lipinski definition) is 5. The average molecular weight is 668 g/mol. The van der Waals surface area contributed by atoms with Gasteiger partial charge in [-0.05, 0) is 25.7 Å². The first-order valence-corrected chi connectivity index (χ1v) is 20.8. The molecular weight excluding hydrogens is 586 g/mol. The molecule has 0 heterocycles. The molecule has 0 saturated carbocycles. The van der Waals surface area contributed by atoms with E-state index in [0.717, 1.165) is 57.8 Å². The fourth-order valence-electron chi connectivity index (χ4n) is 6.40. The van der Waals surface area contributed by atoms with Gasteiger partial charge in [-0.3, -0.25) is 9.59 Å². The van der Waals surface area contributed by atoms with Crippen LogP contribution in [0.5, 0.6) is 0 Å². The normalized spacial score (nSPS) is 12.7. The van der Waals surface area contributed by atoms with Crippen LogP contribution in [0.2, 0.25) is 0 Å². The molecule has 0 aliphatic rings. The molecule has 0 aliphatic heterocycles. The Morgan fingerprint density at radius 1 is 0.511 bits per heavy atom. The van der Waals surface area contributed by atoms with Crippen molar-refractivity contribution in [2.24, 2.45) is 0 Å². The van der Waals surface area contributed by atoms with Crippen molar-refractivity contribution in [1.29, 1.82) is 0 Å². The van der Waals surface area contributed by atoms with Crippen molar-refractivity contribution >= 4 is 11.9 Å². The maximum atomic E-state index is 12.3. The van der Waals surface area contributed by atoms with Crippen molar-refractivity contribution in [3.63, 3.8) is 0 Å². The van der Waals surface area contributed by atoms with Gasteiger partial charge >= 0.3 is 5.97 Å². The molecule has 0 fully saturated rings. The largest absolute Gasteiger partial charge is 0.466 e. The van der Waals surface area contributed by atoms with E-state index in [4.69, 9.17) is 4.74 Å². The SMILES string of the molecule is CCCCCCCCCCCCCC(=O)OCCCCCCCCCCCC(=O)NC(CO)C(O)CCCCCCCCCCCC. The summed E-state index contributed by atoms with van der Waals surface area (Å²) in [5, 5.41) is 23.0. The lowest BCUT2D eigenvalue weighted by Crippen LogP contribution is -2.45. The molecule has 3 N–H and O–H groups in total. The summed E-state index contributed by atoms with van der Waals surface area (Å²) in [6.07, 6.45) is 37.6. The fraction of sp³-hybridized carbons (Fsp3) is 0.951. The smallest absolute Gasteiger partial charge is 0.305 e. The zero-order valence-corrected chi connectivity index (χ0v) is 31.5. The monoisotopic (exact) mass is 668 g/mol. The molecule has 0 aromatic rings. The molecule has 0 aromatic carbocycles. The van der Waals surface area contributed by atoms with Crippen LogP contribution in [0.25, 0.3) is 0 Å². The Bertz CT molecular complexity index is 658. The van der Waals surface area contributed by atoms with E-state index in [0.29, 0.717) is 25.9 Å². The number of nitrogens with one attached hydrogen (secondary N) is 1. The number of carbonyl (C=O) groups is 2. The summed E-state index contributed by atoms with van der Waals surface area (Å²) in [5.74, 6) is -0.0901. The van der Waals surface area contributed by atoms with Crippen molar-refractivity contribution in [1.82, 2.24) is 5.32 Å². The van der Waals surface area contributed by atoms with Crippen LogP contribution in [0.1, 0.15) is 226 Å². The van der Waals surface area contributed by atoms with Crippen LogP contribution in [0.3, 0.4) is 0 Å². The molecule has 0 saturated heterocycles. The molecular formula is C41H81NO5. The molecule has 2 unspecified atom stereocenters. The second-order valence-electron chi connectivity index (χ2n) is 14.3. The lowest BCUT2D eigenvalue weighted by atomic mass is 10.0. The van der Waals surface area contributed by atoms with Crippen LogP contribution in [-0.4, -0.2) is 47.4 Å². The van der Waals surface area contributed by atoms with Gasteiger partial charge in [0.05, 0.1) is 25.4 Å². The van der Waals surface area contributed by atoms with E-state index < -0.39 is 12.1 Å². The Labute approximate surface area is 292 Å². The molecule has 1 amide bonds. The first-order valence-electron chi connectivity index (χ1n) is 20.8. The summed E-state index contributed by atoms with van der Waals surface area (Å²) in [6, 6.07) is -0.557. The zero-order valence-electron chi connectivity index (χ0n) is 31.5. The summed E-state index contributed by atoms with van der Waals surface area (Å²) in [5.41, 5.74) is 0. The Morgan fingerprint density at radius 3 is 1.30 bits per heavy atom. The number of ether oxygens (including phenoxy) is 1. The third-order valence-electron chi connectivity index (χ3n) is 9.66. The number of aliphatic hydroxyl groups is 2. The molecule has 0 aromatic heterocycles. The molecule has 0 rings (SSSR count). The molecule has 0 spiro atoms. The number of hydrogen-bond donors (Lipinski definition) is 3. The first-order chi connectivity index (χ1) is 23.0. The molecule has 0 bridgehead atoms. The number of esters is 1. The standard InChI is InChI=1S/C41H81NO5/c1-3-5-7-9-11-13-15-19-23-27-31-35-41(46)47-36-32-28-24-20-16-18-22-26-30-34-40(45)42-38(37-43)39(44)33-29-25-21-17-14-12-10-8-6-4-2/h38-39,43-44H,3-37H2,1-2H3,(H,42,45). The van der Waals surface area contributed by atoms with Crippen molar-refractivity contribution in [2.45, 2.75) is 238 Å². The molecule has 0 aliphatic carbocycles. The van der Waals surface area contributed by atoms with Crippen molar-refractivity contribution < 1.29 is 24.5 Å². The van der Waals surface area contributed by atoms with Crippen molar-refractivity contribution in [3.8, 4) is 0 Å². The second kappa shape index (κ2) is 37.7. The minimum atomic E-state index is -0.677. The van der Waals surface area contributed by atoms with E-state index in [1.165, 1.54) is 135 Å². The van der Waals surface area contributed by atoms with Gasteiger partial charge in [0.2, 0.25) is 5.91 Å². The van der Waals surface area contributed by atoms with Gasteiger partial charge in [0.25, 0.3) is 0 Å². The third-order valence-corrected chi connectivity index (χ3v) is 9.66. The number of unbranched alkanes of at least 4 members (excludes halogenated alkanes) is 27. The molecule has 2 atom stereocenters. The molecule has 6 nitrogen and oxygen atoms in total. The fourth-order valence-corrected chi connectivity index (χ4v) is 6.40. The highest BCUT2D eigenvalue weighted by atomic mass is 16.5. The quantitative estimate of drug-likeness (QED) is 0.0450. The number of aliphatic hydroxyl groups excluding tert-OH is 2. The maximum absolute atomic E-state index is 12.3. The summed E-state index contributed by atoms with van der Waals surface area (Å²) >= 11 is 0. The van der Waals surface area contributed by atoms with Crippen molar-refractivity contribution in [2.75, 3.05) is 13.2 Å². The highest BCUT2D eigenvalue weighted by Crippen LogP contribution is 2.15. The van der Waals surface area contributed by atoms with E-state index in [-0.39, 0.29) is 18.5 Å². The highest BCUT2D eigenvalue weighted by molar-refractivity contribution is 5.76.